The van der Waals surface area contributed by atoms with Gasteiger partial charge in [0.05, 0.1) is 0 Å². The van der Waals surface area contributed by atoms with Gasteiger partial charge >= 0.3 is 0 Å². The molecule has 0 spiro atoms. The van der Waals surface area contributed by atoms with E-state index in [2.05, 4.69) is 14.6 Å². The minimum Gasteiger partial charge on any atom is -0.347 e. The molecule has 2 aliphatic heterocycles. The second kappa shape index (κ2) is 5.02. The molecule has 5 heteroatoms. The van der Waals surface area contributed by atoms with Gasteiger partial charge < -0.3 is 10.2 Å². The van der Waals surface area contributed by atoms with Crippen LogP contribution in [0.15, 0.2) is 0 Å². The van der Waals surface area contributed by atoms with Crippen molar-refractivity contribution >= 4 is 16.7 Å². The molecular weight excluding hydrogens is 256 g/mol. The minimum atomic E-state index is 0.685. The Balaban J connectivity index is 1.36. The highest BCUT2D eigenvalue weighted by atomic mass is 32.1. The molecule has 0 amide bonds. The van der Waals surface area contributed by atoms with Crippen molar-refractivity contribution in [3.63, 3.8) is 0 Å². The van der Waals surface area contributed by atoms with Gasteiger partial charge in [-0.2, -0.15) is 4.37 Å². The lowest BCUT2D eigenvalue weighted by molar-refractivity contribution is 0.319. The van der Waals surface area contributed by atoms with Crippen LogP contribution in [-0.4, -0.2) is 35.0 Å². The van der Waals surface area contributed by atoms with E-state index in [4.69, 9.17) is 4.98 Å². The van der Waals surface area contributed by atoms with E-state index in [1.807, 2.05) is 0 Å². The van der Waals surface area contributed by atoms with Crippen LogP contribution in [0.1, 0.15) is 50.3 Å². The molecule has 0 bridgehead atoms. The molecule has 3 fully saturated rings. The van der Waals surface area contributed by atoms with E-state index in [0.717, 1.165) is 17.8 Å². The molecular formula is C14H22N4S. The number of aromatic nitrogens is 2. The van der Waals surface area contributed by atoms with Crippen LogP contribution in [0.3, 0.4) is 0 Å². The molecule has 104 valence electrons. The number of nitrogens with zero attached hydrogens (tertiary/aromatic N) is 3. The third-order valence-corrected chi connectivity index (χ3v) is 5.64. The van der Waals surface area contributed by atoms with Crippen LogP contribution in [-0.2, 0) is 0 Å². The first-order chi connectivity index (χ1) is 9.40. The minimum absolute atomic E-state index is 0.685. The van der Waals surface area contributed by atoms with Gasteiger partial charge in [-0.25, -0.2) is 4.98 Å². The molecule has 1 N–H and O–H groups in total. The summed E-state index contributed by atoms with van der Waals surface area (Å²) in [6, 6.07) is 0.790. The largest absolute Gasteiger partial charge is 0.347 e. The molecule has 3 heterocycles. The molecule has 1 aromatic heterocycles. The van der Waals surface area contributed by atoms with Crippen LogP contribution in [0.2, 0.25) is 0 Å². The number of rotatable bonds is 3. The lowest BCUT2D eigenvalue weighted by Gasteiger charge is -2.34. The summed E-state index contributed by atoms with van der Waals surface area (Å²) in [4.78, 5) is 7.19. The molecule has 19 heavy (non-hydrogen) atoms. The van der Waals surface area contributed by atoms with Crippen LogP contribution in [0.4, 0.5) is 5.13 Å². The van der Waals surface area contributed by atoms with Crippen LogP contribution in [0, 0.1) is 5.92 Å². The van der Waals surface area contributed by atoms with Gasteiger partial charge in [-0.05, 0) is 51.0 Å². The monoisotopic (exact) mass is 278 g/mol. The normalized spacial score (nSPS) is 29.1. The molecule has 1 saturated carbocycles. The maximum atomic E-state index is 4.74. The van der Waals surface area contributed by atoms with Crippen LogP contribution in [0.5, 0.6) is 0 Å². The van der Waals surface area contributed by atoms with Gasteiger partial charge in [0.2, 0.25) is 5.13 Å². The van der Waals surface area contributed by atoms with Crippen molar-refractivity contribution in [2.24, 2.45) is 5.92 Å². The summed E-state index contributed by atoms with van der Waals surface area (Å²) in [6.45, 7) is 3.57. The maximum Gasteiger partial charge on any atom is 0.205 e. The summed E-state index contributed by atoms with van der Waals surface area (Å²) in [5.74, 6) is 2.68. The molecule has 4 nitrogen and oxygen atoms in total. The van der Waals surface area contributed by atoms with E-state index in [0.29, 0.717) is 5.92 Å². The number of anilines is 1. The van der Waals surface area contributed by atoms with Gasteiger partial charge in [0.15, 0.2) is 0 Å². The topological polar surface area (TPSA) is 41.0 Å². The van der Waals surface area contributed by atoms with Crippen LogP contribution in [0.25, 0.3) is 0 Å². The van der Waals surface area contributed by atoms with E-state index >= 15 is 0 Å². The SMILES string of the molecule is C1CNC(C2CCN(c3nc(C4CC4)ns3)CC2)C1. The van der Waals surface area contributed by atoms with Crippen molar-refractivity contribution in [1.29, 1.82) is 0 Å². The Bertz CT molecular complexity index is 428. The standard InChI is InChI=1S/C14H22N4S/c1-2-12(15-7-1)10-5-8-18(9-6-10)14-16-13(17-19-14)11-3-4-11/h10-12,15H,1-9H2. The van der Waals surface area contributed by atoms with Gasteiger partial charge in [0, 0.05) is 36.6 Å². The smallest absolute Gasteiger partial charge is 0.205 e. The molecule has 4 rings (SSSR count). The molecule has 1 atom stereocenters. The Kier molecular flexibility index (Phi) is 3.19. The van der Waals surface area contributed by atoms with Gasteiger partial charge in [-0.1, -0.05) is 0 Å². The first-order valence-corrected chi connectivity index (χ1v) is 8.49. The Morgan fingerprint density at radius 3 is 2.63 bits per heavy atom. The zero-order chi connectivity index (χ0) is 12.7. The zero-order valence-corrected chi connectivity index (χ0v) is 12.2. The second-order valence-corrected chi connectivity index (χ2v) is 6.97. The summed E-state index contributed by atoms with van der Waals surface area (Å²) >= 11 is 1.61. The first-order valence-electron chi connectivity index (χ1n) is 7.72. The number of nitrogens with one attached hydrogen (secondary N) is 1. The summed E-state index contributed by atoms with van der Waals surface area (Å²) < 4.78 is 4.53. The van der Waals surface area contributed by atoms with Crippen molar-refractivity contribution in [3.8, 4) is 0 Å². The predicted molar refractivity (Wildman–Crippen MR) is 77.8 cm³/mol. The van der Waals surface area contributed by atoms with Gasteiger partial charge in [0.25, 0.3) is 0 Å². The Morgan fingerprint density at radius 1 is 1.11 bits per heavy atom. The van der Waals surface area contributed by atoms with Crippen LogP contribution < -0.4 is 10.2 Å². The van der Waals surface area contributed by atoms with E-state index in [1.54, 1.807) is 11.5 Å². The van der Waals surface area contributed by atoms with E-state index in [-0.39, 0.29) is 0 Å². The number of piperidine rings is 1. The third-order valence-electron chi connectivity index (χ3n) is 4.85. The second-order valence-electron chi connectivity index (χ2n) is 6.24. The maximum absolute atomic E-state index is 4.74. The summed E-state index contributed by atoms with van der Waals surface area (Å²) in [6.07, 6.45) is 7.98. The molecule has 2 saturated heterocycles. The Labute approximate surface area is 118 Å². The average molecular weight is 278 g/mol. The lowest BCUT2D eigenvalue weighted by Crippen LogP contribution is -2.40. The summed E-state index contributed by atoms with van der Waals surface area (Å²) in [7, 11) is 0. The van der Waals surface area contributed by atoms with E-state index in [1.165, 1.54) is 63.3 Å². The summed E-state index contributed by atoms with van der Waals surface area (Å²) in [5, 5.41) is 4.83. The van der Waals surface area contributed by atoms with Gasteiger partial charge in [-0.3, -0.25) is 0 Å². The fourth-order valence-corrected chi connectivity index (χ4v) is 4.27. The predicted octanol–water partition coefficient (Wildman–Crippen LogP) is 2.38. The van der Waals surface area contributed by atoms with Crippen molar-refractivity contribution < 1.29 is 0 Å². The highest BCUT2D eigenvalue weighted by Crippen LogP contribution is 2.40. The van der Waals surface area contributed by atoms with Gasteiger partial charge in [-0.15, -0.1) is 0 Å². The molecule has 1 aliphatic carbocycles. The Morgan fingerprint density at radius 2 is 1.95 bits per heavy atom. The molecule has 0 aromatic carbocycles. The van der Waals surface area contributed by atoms with Crippen molar-refractivity contribution in [2.75, 3.05) is 24.5 Å². The highest BCUT2D eigenvalue weighted by molar-refractivity contribution is 7.09. The van der Waals surface area contributed by atoms with Gasteiger partial charge in [0.1, 0.15) is 5.82 Å². The van der Waals surface area contributed by atoms with E-state index < -0.39 is 0 Å². The Hall–Kier alpha value is -0.680. The van der Waals surface area contributed by atoms with Crippen LogP contribution >= 0.6 is 11.5 Å². The number of hydrogen-bond donors (Lipinski definition) is 1. The zero-order valence-electron chi connectivity index (χ0n) is 11.3. The van der Waals surface area contributed by atoms with Crippen molar-refractivity contribution in [1.82, 2.24) is 14.7 Å². The molecule has 1 unspecified atom stereocenters. The highest BCUT2D eigenvalue weighted by Gasteiger charge is 2.31. The number of hydrogen-bond acceptors (Lipinski definition) is 5. The fraction of sp³-hybridized carbons (Fsp3) is 0.857. The van der Waals surface area contributed by atoms with E-state index in [9.17, 15) is 0 Å². The third kappa shape index (κ3) is 2.50. The average Bonchev–Trinajstić information content (AvgIpc) is 2.97. The van der Waals surface area contributed by atoms with Crippen molar-refractivity contribution in [3.05, 3.63) is 5.82 Å². The van der Waals surface area contributed by atoms with Crippen molar-refractivity contribution in [2.45, 2.75) is 50.5 Å². The lowest BCUT2D eigenvalue weighted by atomic mass is 9.89. The molecule has 0 radical (unpaired) electrons. The molecule has 1 aromatic rings. The quantitative estimate of drug-likeness (QED) is 0.921. The fourth-order valence-electron chi connectivity index (χ4n) is 3.47. The molecule has 3 aliphatic rings. The summed E-state index contributed by atoms with van der Waals surface area (Å²) in [5.41, 5.74) is 0. The first kappa shape index (κ1) is 12.1.